The highest BCUT2D eigenvalue weighted by molar-refractivity contribution is 9.10. The predicted molar refractivity (Wildman–Crippen MR) is 112 cm³/mol. The van der Waals surface area contributed by atoms with Gasteiger partial charge in [0.15, 0.2) is 6.61 Å². The number of carbonyl (C=O) groups is 1. The van der Waals surface area contributed by atoms with Crippen LogP contribution in [0.15, 0.2) is 57.9 Å². The van der Waals surface area contributed by atoms with Crippen molar-refractivity contribution < 1.29 is 17.9 Å². The maximum atomic E-state index is 12.5. The number of anilines is 1. The van der Waals surface area contributed by atoms with Gasteiger partial charge in [-0.3, -0.25) is 9.52 Å². The van der Waals surface area contributed by atoms with Gasteiger partial charge < -0.3 is 10.1 Å². The SMILES string of the molecule is O=C(COc1ccc(S(=O)(=O)Nc2ccc(Br)cc2)cc1)NC1CCCCC1. The summed E-state index contributed by atoms with van der Waals surface area (Å²) in [5.41, 5.74) is 0.475. The molecule has 0 spiro atoms. The number of rotatable bonds is 7. The molecular formula is C20H23BrN2O4S. The number of sulfonamides is 1. The largest absolute Gasteiger partial charge is 0.484 e. The van der Waals surface area contributed by atoms with Crippen molar-refractivity contribution in [1.29, 1.82) is 0 Å². The molecule has 1 saturated carbocycles. The van der Waals surface area contributed by atoms with E-state index in [0.29, 0.717) is 11.4 Å². The molecule has 1 aliphatic rings. The Morgan fingerprint density at radius 1 is 1.00 bits per heavy atom. The van der Waals surface area contributed by atoms with Gasteiger partial charge in [0.2, 0.25) is 0 Å². The molecule has 0 bridgehead atoms. The fourth-order valence-corrected chi connectivity index (χ4v) is 4.44. The summed E-state index contributed by atoms with van der Waals surface area (Å²) in [4.78, 5) is 12.1. The van der Waals surface area contributed by atoms with Gasteiger partial charge in [-0.1, -0.05) is 35.2 Å². The maximum absolute atomic E-state index is 12.5. The molecule has 0 radical (unpaired) electrons. The van der Waals surface area contributed by atoms with E-state index in [1.807, 2.05) is 0 Å². The molecule has 0 saturated heterocycles. The minimum absolute atomic E-state index is 0.0836. The smallest absolute Gasteiger partial charge is 0.261 e. The van der Waals surface area contributed by atoms with Crippen molar-refractivity contribution in [2.24, 2.45) is 0 Å². The van der Waals surface area contributed by atoms with Crippen molar-refractivity contribution in [1.82, 2.24) is 5.32 Å². The minimum Gasteiger partial charge on any atom is -0.484 e. The number of amides is 1. The van der Waals surface area contributed by atoms with Crippen LogP contribution in [0.25, 0.3) is 0 Å². The monoisotopic (exact) mass is 466 g/mol. The van der Waals surface area contributed by atoms with Crippen molar-refractivity contribution >= 4 is 37.5 Å². The molecule has 0 aromatic heterocycles. The van der Waals surface area contributed by atoms with Gasteiger partial charge >= 0.3 is 0 Å². The second kappa shape index (κ2) is 9.43. The third-order valence-electron chi connectivity index (χ3n) is 4.57. The molecule has 8 heteroatoms. The van der Waals surface area contributed by atoms with Crippen LogP contribution >= 0.6 is 15.9 Å². The van der Waals surface area contributed by atoms with E-state index in [4.69, 9.17) is 4.74 Å². The Morgan fingerprint density at radius 3 is 2.29 bits per heavy atom. The molecule has 2 N–H and O–H groups in total. The topological polar surface area (TPSA) is 84.5 Å². The summed E-state index contributed by atoms with van der Waals surface area (Å²) in [7, 11) is -3.69. The minimum atomic E-state index is -3.69. The lowest BCUT2D eigenvalue weighted by molar-refractivity contribution is -0.124. The van der Waals surface area contributed by atoms with E-state index < -0.39 is 10.0 Å². The number of halogens is 1. The molecular weight excluding hydrogens is 444 g/mol. The van der Waals surface area contributed by atoms with Crippen molar-refractivity contribution in [3.8, 4) is 5.75 Å². The summed E-state index contributed by atoms with van der Waals surface area (Å²) >= 11 is 3.31. The fraction of sp³-hybridized carbons (Fsp3) is 0.350. The van der Waals surface area contributed by atoms with Gasteiger partial charge in [-0.05, 0) is 61.4 Å². The van der Waals surface area contributed by atoms with E-state index in [9.17, 15) is 13.2 Å². The van der Waals surface area contributed by atoms with Crippen LogP contribution in [0, 0.1) is 0 Å². The molecule has 0 atom stereocenters. The third kappa shape index (κ3) is 5.97. The zero-order valence-electron chi connectivity index (χ0n) is 15.4. The number of carbonyl (C=O) groups excluding carboxylic acids is 1. The van der Waals surface area contributed by atoms with E-state index in [-0.39, 0.29) is 23.5 Å². The van der Waals surface area contributed by atoms with Gasteiger partial charge in [-0.15, -0.1) is 0 Å². The average molecular weight is 467 g/mol. The van der Waals surface area contributed by atoms with Crippen molar-refractivity contribution in [2.75, 3.05) is 11.3 Å². The predicted octanol–water partition coefficient (Wildman–Crippen LogP) is 4.08. The molecule has 1 amide bonds. The first-order chi connectivity index (χ1) is 13.4. The van der Waals surface area contributed by atoms with Crippen LogP contribution in [0.3, 0.4) is 0 Å². The molecule has 0 aliphatic heterocycles. The van der Waals surface area contributed by atoms with Crippen LogP contribution in [0.2, 0.25) is 0 Å². The highest BCUT2D eigenvalue weighted by atomic mass is 79.9. The van der Waals surface area contributed by atoms with E-state index in [2.05, 4.69) is 26.0 Å². The Labute approximate surface area is 173 Å². The van der Waals surface area contributed by atoms with Gasteiger partial charge in [0.25, 0.3) is 15.9 Å². The second-order valence-corrected chi connectivity index (χ2v) is 9.37. The first kappa shape index (κ1) is 20.7. The lowest BCUT2D eigenvalue weighted by Gasteiger charge is -2.22. The van der Waals surface area contributed by atoms with Crippen LogP contribution in [0.1, 0.15) is 32.1 Å². The van der Waals surface area contributed by atoms with Gasteiger partial charge in [0.1, 0.15) is 5.75 Å². The van der Waals surface area contributed by atoms with E-state index in [0.717, 1.165) is 30.2 Å². The molecule has 2 aromatic rings. The Hall–Kier alpha value is -2.06. The first-order valence-corrected chi connectivity index (χ1v) is 11.5. The standard InChI is InChI=1S/C20H23BrN2O4S/c21-15-6-8-17(9-7-15)23-28(25,26)19-12-10-18(11-13-19)27-14-20(24)22-16-4-2-1-3-5-16/h6-13,16,23H,1-5,14H2,(H,22,24). The van der Waals surface area contributed by atoms with E-state index >= 15 is 0 Å². The molecule has 2 aromatic carbocycles. The lowest BCUT2D eigenvalue weighted by atomic mass is 9.95. The van der Waals surface area contributed by atoms with Crippen molar-refractivity contribution in [2.45, 2.75) is 43.0 Å². The Morgan fingerprint density at radius 2 is 1.64 bits per heavy atom. The number of ether oxygens (including phenoxy) is 1. The lowest BCUT2D eigenvalue weighted by Crippen LogP contribution is -2.38. The summed E-state index contributed by atoms with van der Waals surface area (Å²) < 4.78 is 33.8. The maximum Gasteiger partial charge on any atom is 0.261 e. The summed E-state index contributed by atoms with van der Waals surface area (Å²) in [6, 6.07) is 13.1. The quantitative estimate of drug-likeness (QED) is 0.643. The summed E-state index contributed by atoms with van der Waals surface area (Å²) in [5, 5.41) is 2.98. The summed E-state index contributed by atoms with van der Waals surface area (Å²) in [6.07, 6.45) is 5.56. The van der Waals surface area contributed by atoms with Crippen LogP contribution in [-0.2, 0) is 14.8 Å². The number of hydrogen-bond acceptors (Lipinski definition) is 4. The summed E-state index contributed by atoms with van der Waals surface area (Å²) in [6.45, 7) is -0.0836. The molecule has 6 nitrogen and oxygen atoms in total. The van der Waals surface area contributed by atoms with E-state index in [1.54, 1.807) is 36.4 Å². The number of benzene rings is 2. The highest BCUT2D eigenvalue weighted by Gasteiger charge is 2.17. The zero-order valence-corrected chi connectivity index (χ0v) is 17.8. The zero-order chi connectivity index (χ0) is 20.0. The highest BCUT2D eigenvalue weighted by Crippen LogP contribution is 2.21. The molecule has 1 fully saturated rings. The van der Waals surface area contributed by atoms with Crippen LogP contribution in [0.5, 0.6) is 5.75 Å². The van der Waals surface area contributed by atoms with Gasteiger partial charge in [-0.25, -0.2) is 8.42 Å². The Balaban J connectivity index is 1.53. The van der Waals surface area contributed by atoms with Crippen LogP contribution < -0.4 is 14.8 Å². The molecule has 28 heavy (non-hydrogen) atoms. The molecule has 1 aliphatic carbocycles. The van der Waals surface area contributed by atoms with Gasteiger partial charge in [0, 0.05) is 16.2 Å². The van der Waals surface area contributed by atoms with Crippen molar-refractivity contribution in [3.05, 3.63) is 53.0 Å². The van der Waals surface area contributed by atoms with Crippen molar-refractivity contribution in [3.63, 3.8) is 0 Å². The Bertz CT molecular complexity index is 893. The third-order valence-corrected chi connectivity index (χ3v) is 6.50. The van der Waals surface area contributed by atoms with Gasteiger partial charge in [0.05, 0.1) is 4.90 Å². The normalized spacial score (nSPS) is 15.0. The molecule has 0 unspecified atom stereocenters. The van der Waals surface area contributed by atoms with E-state index in [1.165, 1.54) is 18.6 Å². The summed E-state index contributed by atoms with van der Waals surface area (Å²) in [5.74, 6) is 0.293. The molecule has 3 rings (SSSR count). The number of nitrogens with one attached hydrogen (secondary N) is 2. The molecule has 0 heterocycles. The first-order valence-electron chi connectivity index (χ1n) is 9.23. The fourth-order valence-electron chi connectivity index (χ4n) is 3.11. The van der Waals surface area contributed by atoms with Crippen LogP contribution in [-0.4, -0.2) is 27.0 Å². The van der Waals surface area contributed by atoms with Crippen LogP contribution in [0.4, 0.5) is 5.69 Å². The molecule has 150 valence electrons. The Kier molecular flexibility index (Phi) is 6.96. The van der Waals surface area contributed by atoms with Gasteiger partial charge in [-0.2, -0.15) is 0 Å². The second-order valence-electron chi connectivity index (χ2n) is 6.77. The number of hydrogen-bond donors (Lipinski definition) is 2. The average Bonchev–Trinajstić information content (AvgIpc) is 2.69.